The summed E-state index contributed by atoms with van der Waals surface area (Å²) in [4.78, 5) is 11.8. The van der Waals surface area contributed by atoms with Crippen molar-refractivity contribution in [3.05, 3.63) is 47.5 Å². The van der Waals surface area contributed by atoms with Crippen LogP contribution in [0.3, 0.4) is 0 Å². The molecular formula is C15H21NO4S. The molecule has 0 unspecified atom stereocenters. The molecule has 0 saturated carbocycles. The van der Waals surface area contributed by atoms with Gasteiger partial charge in [-0.15, -0.1) is 0 Å². The van der Waals surface area contributed by atoms with E-state index in [1.807, 2.05) is 6.92 Å². The zero-order valence-corrected chi connectivity index (χ0v) is 13.2. The van der Waals surface area contributed by atoms with E-state index in [4.69, 9.17) is 4.74 Å². The fourth-order valence-electron chi connectivity index (χ4n) is 1.64. The van der Waals surface area contributed by atoms with Crippen molar-refractivity contribution in [1.29, 1.82) is 0 Å². The predicted molar refractivity (Wildman–Crippen MR) is 83.0 cm³/mol. The molecule has 1 rings (SSSR count). The zero-order chi connectivity index (χ0) is 15.9. The Labute approximate surface area is 125 Å². The molecule has 0 aromatic heterocycles. The average Bonchev–Trinajstić information content (AvgIpc) is 2.36. The van der Waals surface area contributed by atoms with Crippen molar-refractivity contribution in [2.24, 2.45) is 0 Å². The van der Waals surface area contributed by atoms with Gasteiger partial charge in [0.2, 0.25) is 0 Å². The van der Waals surface area contributed by atoms with Crippen LogP contribution in [0.5, 0.6) is 0 Å². The number of carbonyl (C=O) groups is 1. The first kappa shape index (κ1) is 17.4. The molecule has 0 fully saturated rings. The van der Waals surface area contributed by atoms with Crippen molar-refractivity contribution in [2.75, 3.05) is 26.0 Å². The van der Waals surface area contributed by atoms with Crippen molar-refractivity contribution < 1.29 is 17.9 Å². The molecule has 0 aliphatic rings. The first-order chi connectivity index (χ1) is 9.78. The molecule has 0 bridgehead atoms. The van der Waals surface area contributed by atoms with Gasteiger partial charge in [0.15, 0.2) is 9.84 Å². The predicted octanol–water partition coefficient (Wildman–Crippen LogP) is 1.55. The van der Waals surface area contributed by atoms with E-state index in [1.165, 1.54) is 6.26 Å². The lowest BCUT2D eigenvalue weighted by Gasteiger charge is -2.07. The van der Waals surface area contributed by atoms with Gasteiger partial charge in [0.05, 0.1) is 19.0 Å². The number of hydrogen-bond donors (Lipinski definition) is 1. The van der Waals surface area contributed by atoms with Gasteiger partial charge in [-0.3, -0.25) is 4.79 Å². The number of benzene rings is 1. The number of rotatable bonds is 8. The Morgan fingerprint density at radius 2 is 1.90 bits per heavy atom. The Morgan fingerprint density at radius 1 is 1.29 bits per heavy atom. The van der Waals surface area contributed by atoms with E-state index in [1.54, 1.807) is 24.3 Å². The van der Waals surface area contributed by atoms with Gasteiger partial charge in [-0.25, -0.2) is 8.42 Å². The zero-order valence-electron chi connectivity index (χ0n) is 12.4. The number of carbonyl (C=O) groups excluding carboxylic acids is 1. The molecular weight excluding hydrogens is 290 g/mol. The fourth-order valence-corrected chi connectivity index (χ4v) is 2.44. The van der Waals surface area contributed by atoms with Crippen molar-refractivity contribution in [1.82, 2.24) is 5.32 Å². The highest BCUT2D eigenvalue weighted by molar-refractivity contribution is 7.89. The second-order valence-electron chi connectivity index (χ2n) is 5.03. The monoisotopic (exact) mass is 311 g/mol. The van der Waals surface area contributed by atoms with Crippen LogP contribution in [0.4, 0.5) is 0 Å². The summed E-state index contributed by atoms with van der Waals surface area (Å²) in [5, 5.41) is 2.73. The lowest BCUT2D eigenvalue weighted by molar-refractivity contribution is 0.0927. The van der Waals surface area contributed by atoms with Crippen molar-refractivity contribution >= 4 is 15.7 Å². The molecule has 1 aromatic carbocycles. The Hall–Kier alpha value is -1.66. The van der Waals surface area contributed by atoms with Crippen LogP contribution < -0.4 is 5.32 Å². The van der Waals surface area contributed by atoms with Crippen LogP contribution >= 0.6 is 0 Å². The van der Waals surface area contributed by atoms with E-state index in [-0.39, 0.29) is 11.7 Å². The van der Waals surface area contributed by atoms with Gasteiger partial charge in [0.25, 0.3) is 5.91 Å². The molecule has 0 atom stereocenters. The van der Waals surface area contributed by atoms with Gasteiger partial charge in [-0.1, -0.05) is 24.3 Å². The van der Waals surface area contributed by atoms with Gasteiger partial charge in [0.1, 0.15) is 0 Å². The Balaban J connectivity index is 2.43. The van der Waals surface area contributed by atoms with E-state index in [9.17, 15) is 13.2 Å². The molecule has 1 N–H and O–H groups in total. The molecule has 0 heterocycles. The van der Waals surface area contributed by atoms with E-state index < -0.39 is 9.84 Å². The second-order valence-corrected chi connectivity index (χ2v) is 7.17. The molecule has 5 nitrogen and oxygen atoms in total. The van der Waals surface area contributed by atoms with Crippen molar-refractivity contribution in [3.63, 3.8) is 0 Å². The van der Waals surface area contributed by atoms with Crippen molar-refractivity contribution in [3.8, 4) is 0 Å². The summed E-state index contributed by atoms with van der Waals surface area (Å²) in [6.45, 7) is 6.90. The highest BCUT2D eigenvalue weighted by Crippen LogP contribution is 2.07. The standard InChI is InChI=1S/C15H21NO4S/c1-12(2)10-20-9-8-16-15(17)14-6-4-13(5-7-14)11-21(3,18)19/h4-7H,1,8-11H2,2-3H3,(H,16,17). The molecule has 1 amide bonds. The molecule has 0 spiro atoms. The SMILES string of the molecule is C=C(C)COCCNC(=O)c1ccc(CS(C)(=O)=O)cc1. The quantitative estimate of drug-likeness (QED) is 0.584. The van der Waals surface area contributed by atoms with Gasteiger partial charge in [-0.05, 0) is 24.6 Å². The van der Waals surface area contributed by atoms with Gasteiger partial charge >= 0.3 is 0 Å². The molecule has 0 saturated heterocycles. The lowest BCUT2D eigenvalue weighted by Crippen LogP contribution is -2.27. The summed E-state index contributed by atoms with van der Waals surface area (Å²) in [5.74, 6) is -0.233. The number of hydrogen-bond acceptors (Lipinski definition) is 4. The number of ether oxygens (including phenoxy) is 1. The van der Waals surface area contributed by atoms with Crippen LogP contribution in [0, 0.1) is 0 Å². The van der Waals surface area contributed by atoms with Crippen LogP contribution in [-0.4, -0.2) is 40.3 Å². The maximum absolute atomic E-state index is 11.8. The number of sulfone groups is 1. The Kier molecular flexibility index (Phi) is 6.58. The average molecular weight is 311 g/mol. The minimum atomic E-state index is -3.06. The molecule has 1 aromatic rings. The summed E-state index contributed by atoms with van der Waals surface area (Å²) >= 11 is 0. The third-order valence-electron chi connectivity index (χ3n) is 2.53. The first-order valence-corrected chi connectivity index (χ1v) is 8.61. The molecule has 116 valence electrons. The largest absolute Gasteiger partial charge is 0.375 e. The highest BCUT2D eigenvalue weighted by atomic mass is 32.2. The fraction of sp³-hybridized carbons (Fsp3) is 0.400. The third kappa shape index (κ3) is 7.63. The van der Waals surface area contributed by atoms with E-state index in [0.717, 1.165) is 5.57 Å². The van der Waals surface area contributed by atoms with Crippen LogP contribution in [0.25, 0.3) is 0 Å². The van der Waals surface area contributed by atoms with Gasteiger partial charge < -0.3 is 10.1 Å². The molecule has 0 aliphatic heterocycles. The van der Waals surface area contributed by atoms with E-state index >= 15 is 0 Å². The molecule has 21 heavy (non-hydrogen) atoms. The van der Waals surface area contributed by atoms with Crippen LogP contribution in [0.2, 0.25) is 0 Å². The number of nitrogens with one attached hydrogen (secondary N) is 1. The summed E-state index contributed by atoms with van der Waals surface area (Å²) in [5.41, 5.74) is 2.09. The maximum atomic E-state index is 11.8. The highest BCUT2D eigenvalue weighted by Gasteiger charge is 2.07. The van der Waals surface area contributed by atoms with Crippen molar-refractivity contribution in [2.45, 2.75) is 12.7 Å². The van der Waals surface area contributed by atoms with E-state index in [2.05, 4.69) is 11.9 Å². The maximum Gasteiger partial charge on any atom is 0.251 e. The Bertz CT molecular complexity index is 591. The summed E-state index contributed by atoms with van der Waals surface area (Å²) in [6, 6.07) is 6.52. The molecule has 0 aliphatic carbocycles. The van der Waals surface area contributed by atoms with Gasteiger partial charge in [0, 0.05) is 18.4 Å². The van der Waals surface area contributed by atoms with Crippen LogP contribution in [0.1, 0.15) is 22.8 Å². The normalized spacial score (nSPS) is 11.1. The van der Waals surface area contributed by atoms with E-state index in [0.29, 0.717) is 30.9 Å². The topological polar surface area (TPSA) is 72.5 Å². The van der Waals surface area contributed by atoms with Crippen LogP contribution in [-0.2, 0) is 20.3 Å². The summed E-state index contributed by atoms with van der Waals surface area (Å²) in [6.07, 6.45) is 1.18. The molecule has 0 radical (unpaired) electrons. The Morgan fingerprint density at radius 3 is 2.43 bits per heavy atom. The smallest absolute Gasteiger partial charge is 0.251 e. The minimum Gasteiger partial charge on any atom is -0.375 e. The summed E-state index contributed by atoms with van der Waals surface area (Å²) in [7, 11) is -3.06. The third-order valence-corrected chi connectivity index (χ3v) is 3.38. The minimum absolute atomic E-state index is 0.0242. The summed E-state index contributed by atoms with van der Waals surface area (Å²) < 4.78 is 27.6. The first-order valence-electron chi connectivity index (χ1n) is 6.55. The lowest BCUT2D eigenvalue weighted by atomic mass is 10.1. The van der Waals surface area contributed by atoms with Gasteiger partial charge in [-0.2, -0.15) is 0 Å². The van der Waals surface area contributed by atoms with Crippen LogP contribution in [0.15, 0.2) is 36.4 Å². The second kappa shape index (κ2) is 7.95. The molecule has 6 heteroatoms. The number of amides is 1.